The Kier molecular flexibility index (Phi) is 22.4. The fourth-order valence-corrected chi connectivity index (χ4v) is 4.76. The molecular formula is C20H43NiO2P. The molecule has 0 fully saturated rings. The molecular weight excluding hydrogens is 362 g/mol. The minimum atomic E-state index is -2.82. The SMILES string of the molecule is CCCCCCCCCCP(=O)(O)CCCCCCCCCC.[Ni]. The van der Waals surface area contributed by atoms with E-state index in [0.717, 1.165) is 25.7 Å². The summed E-state index contributed by atoms with van der Waals surface area (Å²) in [4.78, 5) is 10.0. The van der Waals surface area contributed by atoms with Gasteiger partial charge in [-0.2, -0.15) is 0 Å². The van der Waals surface area contributed by atoms with Gasteiger partial charge in [-0.1, -0.05) is 104 Å². The zero-order valence-electron chi connectivity index (χ0n) is 16.3. The molecule has 0 radical (unpaired) electrons. The van der Waals surface area contributed by atoms with Gasteiger partial charge in [0.15, 0.2) is 0 Å². The van der Waals surface area contributed by atoms with E-state index in [1.807, 2.05) is 0 Å². The molecule has 0 aromatic carbocycles. The smallest absolute Gasteiger partial charge is 0.200 e. The quantitative estimate of drug-likeness (QED) is 0.145. The second-order valence-corrected chi connectivity index (χ2v) is 9.83. The molecule has 150 valence electrons. The van der Waals surface area contributed by atoms with Crippen LogP contribution in [0.15, 0.2) is 0 Å². The molecule has 0 heterocycles. The van der Waals surface area contributed by atoms with E-state index in [0.29, 0.717) is 12.3 Å². The average molecular weight is 405 g/mol. The van der Waals surface area contributed by atoms with Crippen LogP contribution in [0.2, 0.25) is 0 Å². The molecule has 0 saturated heterocycles. The van der Waals surface area contributed by atoms with Gasteiger partial charge in [-0.3, -0.25) is 4.57 Å². The van der Waals surface area contributed by atoms with E-state index in [2.05, 4.69) is 13.8 Å². The van der Waals surface area contributed by atoms with E-state index >= 15 is 0 Å². The topological polar surface area (TPSA) is 37.3 Å². The van der Waals surface area contributed by atoms with Crippen LogP contribution in [-0.2, 0) is 21.1 Å². The summed E-state index contributed by atoms with van der Waals surface area (Å²) in [5, 5.41) is 0. The number of rotatable bonds is 18. The Hall–Kier alpha value is 0.684. The summed E-state index contributed by atoms with van der Waals surface area (Å²) in [5.74, 6) is 0. The number of unbranched alkanes of at least 4 members (excludes halogenated alkanes) is 14. The Morgan fingerprint density at radius 2 is 0.792 bits per heavy atom. The van der Waals surface area contributed by atoms with E-state index in [1.54, 1.807) is 0 Å². The maximum atomic E-state index is 12.1. The molecule has 0 aliphatic heterocycles. The van der Waals surface area contributed by atoms with Gasteiger partial charge in [0.2, 0.25) is 7.37 Å². The predicted octanol–water partition coefficient (Wildman–Crippen LogP) is 7.54. The molecule has 2 nitrogen and oxygen atoms in total. The maximum Gasteiger partial charge on any atom is 0.200 e. The van der Waals surface area contributed by atoms with Crippen molar-refractivity contribution in [2.75, 3.05) is 12.3 Å². The summed E-state index contributed by atoms with van der Waals surface area (Å²) >= 11 is 0. The van der Waals surface area contributed by atoms with Crippen LogP contribution in [-0.4, -0.2) is 17.2 Å². The van der Waals surface area contributed by atoms with E-state index in [9.17, 15) is 9.46 Å². The van der Waals surface area contributed by atoms with Crippen molar-refractivity contribution in [3.63, 3.8) is 0 Å². The average Bonchev–Trinajstić information content (AvgIpc) is 2.52. The van der Waals surface area contributed by atoms with E-state index in [1.165, 1.54) is 77.0 Å². The van der Waals surface area contributed by atoms with Crippen molar-refractivity contribution in [2.24, 2.45) is 0 Å². The number of hydrogen-bond donors (Lipinski definition) is 1. The van der Waals surface area contributed by atoms with E-state index < -0.39 is 7.37 Å². The molecule has 0 amide bonds. The second kappa shape index (κ2) is 20.0. The third-order valence-corrected chi connectivity index (χ3v) is 6.75. The first-order chi connectivity index (χ1) is 11.1. The van der Waals surface area contributed by atoms with E-state index in [-0.39, 0.29) is 16.5 Å². The molecule has 0 aromatic rings. The summed E-state index contributed by atoms with van der Waals surface area (Å²) in [6, 6.07) is 0. The molecule has 0 aliphatic carbocycles. The van der Waals surface area contributed by atoms with Crippen molar-refractivity contribution in [3.05, 3.63) is 0 Å². The molecule has 4 heteroatoms. The van der Waals surface area contributed by atoms with Crippen molar-refractivity contribution in [2.45, 2.75) is 117 Å². The van der Waals surface area contributed by atoms with Crippen LogP contribution >= 0.6 is 7.37 Å². The van der Waals surface area contributed by atoms with Gasteiger partial charge in [0.25, 0.3) is 0 Å². The minimum Gasteiger partial charge on any atom is -0.344 e. The normalized spacial score (nSPS) is 11.5. The Balaban J connectivity index is 0. The Labute approximate surface area is 162 Å². The zero-order valence-corrected chi connectivity index (χ0v) is 18.2. The van der Waals surface area contributed by atoms with Crippen LogP contribution in [0.1, 0.15) is 117 Å². The first-order valence-electron chi connectivity index (χ1n) is 10.4. The summed E-state index contributed by atoms with van der Waals surface area (Å²) in [7, 11) is -2.82. The molecule has 0 atom stereocenters. The molecule has 0 bridgehead atoms. The first-order valence-corrected chi connectivity index (χ1v) is 12.5. The molecule has 0 aliphatic rings. The molecule has 1 N–H and O–H groups in total. The van der Waals surface area contributed by atoms with Gasteiger partial charge in [0.05, 0.1) is 0 Å². The van der Waals surface area contributed by atoms with Crippen molar-refractivity contribution < 1.29 is 25.9 Å². The fraction of sp³-hybridized carbons (Fsp3) is 1.00. The van der Waals surface area contributed by atoms with E-state index in [4.69, 9.17) is 0 Å². The first kappa shape index (κ1) is 26.9. The van der Waals surface area contributed by atoms with Gasteiger partial charge in [-0.05, 0) is 12.8 Å². The van der Waals surface area contributed by atoms with Crippen molar-refractivity contribution in [1.29, 1.82) is 0 Å². The summed E-state index contributed by atoms with van der Waals surface area (Å²) in [5.41, 5.74) is 0. The van der Waals surface area contributed by atoms with Crippen LogP contribution in [0.25, 0.3) is 0 Å². The van der Waals surface area contributed by atoms with Crippen LogP contribution in [0.4, 0.5) is 0 Å². The molecule has 0 saturated carbocycles. The summed E-state index contributed by atoms with van der Waals surface area (Å²) in [6.45, 7) is 4.48. The fourth-order valence-electron chi connectivity index (χ4n) is 3.10. The van der Waals surface area contributed by atoms with Crippen LogP contribution in [0, 0.1) is 0 Å². The van der Waals surface area contributed by atoms with Crippen molar-refractivity contribution in [1.82, 2.24) is 0 Å². The third kappa shape index (κ3) is 20.7. The van der Waals surface area contributed by atoms with Gasteiger partial charge in [0, 0.05) is 28.8 Å². The van der Waals surface area contributed by atoms with Gasteiger partial charge in [-0.15, -0.1) is 0 Å². The number of hydrogen-bond acceptors (Lipinski definition) is 1. The van der Waals surface area contributed by atoms with Gasteiger partial charge in [0.1, 0.15) is 0 Å². The molecule has 0 aromatic heterocycles. The van der Waals surface area contributed by atoms with Gasteiger partial charge < -0.3 is 4.89 Å². The molecule has 0 rings (SSSR count). The Morgan fingerprint density at radius 3 is 1.08 bits per heavy atom. The minimum absolute atomic E-state index is 0. The Morgan fingerprint density at radius 1 is 0.542 bits per heavy atom. The van der Waals surface area contributed by atoms with Crippen LogP contribution in [0.3, 0.4) is 0 Å². The summed E-state index contributed by atoms with van der Waals surface area (Å²) < 4.78 is 12.1. The molecule has 24 heavy (non-hydrogen) atoms. The van der Waals surface area contributed by atoms with Crippen molar-refractivity contribution in [3.8, 4) is 0 Å². The molecule has 0 spiro atoms. The van der Waals surface area contributed by atoms with Crippen LogP contribution < -0.4 is 0 Å². The second-order valence-electron chi connectivity index (χ2n) is 7.24. The van der Waals surface area contributed by atoms with Crippen LogP contribution in [0.5, 0.6) is 0 Å². The maximum absolute atomic E-state index is 12.1. The zero-order chi connectivity index (χ0) is 17.2. The largest absolute Gasteiger partial charge is 0.344 e. The summed E-state index contributed by atoms with van der Waals surface area (Å²) in [6.07, 6.45) is 21.0. The van der Waals surface area contributed by atoms with Gasteiger partial charge in [-0.25, -0.2) is 0 Å². The Bertz CT molecular complexity index is 261. The predicted molar refractivity (Wildman–Crippen MR) is 105 cm³/mol. The van der Waals surface area contributed by atoms with Gasteiger partial charge >= 0.3 is 0 Å². The molecule has 0 unspecified atom stereocenters. The standard InChI is InChI=1S/C20H43O2P.Ni/c1-3-5-7-9-11-13-15-17-19-23(21,22)20-18-16-14-12-10-8-6-4-2;/h3-20H2,1-2H3,(H,21,22);. The van der Waals surface area contributed by atoms with Crippen molar-refractivity contribution >= 4 is 7.37 Å². The monoisotopic (exact) mass is 404 g/mol. The third-order valence-electron chi connectivity index (χ3n) is 4.72.